The van der Waals surface area contributed by atoms with Gasteiger partial charge in [0.1, 0.15) is 0 Å². The fraction of sp³-hybridized carbons (Fsp3) is 0.294. The van der Waals surface area contributed by atoms with E-state index in [2.05, 4.69) is 43.4 Å². The molecule has 0 spiro atoms. The fourth-order valence-corrected chi connectivity index (χ4v) is 3.36. The van der Waals surface area contributed by atoms with Gasteiger partial charge in [-0.15, -0.1) is 11.3 Å². The molecule has 0 amide bonds. The molecule has 3 heteroatoms. The molecule has 2 rings (SSSR count). The van der Waals surface area contributed by atoms with Gasteiger partial charge in [-0.05, 0) is 37.2 Å². The van der Waals surface area contributed by atoms with Gasteiger partial charge in [-0.1, -0.05) is 49.2 Å². The highest BCUT2D eigenvalue weighted by molar-refractivity contribution is 7.16. The molecule has 0 aliphatic rings. The van der Waals surface area contributed by atoms with Crippen molar-refractivity contribution in [1.29, 1.82) is 0 Å². The summed E-state index contributed by atoms with van der Waals surface area (Å²) in [6, 6.07) is 12.3. The maximum absolute atomic E-state index is 6.26. The second-order valence-electron chi connectivity index (χ2n) is 5.09. The van der Waals surface area contributed by atoms with Crippen LogP contribution in [0.2, 0.25) is 5.02 Å². The maximum atomic E-state index is 6.26. The van der Waals surface area contributed by atoms with Gasteiger partial charge in [-0.25, -0.2) is 0 Å². The van der Waals surface area contributed by atoms with Crippen molar-refractivity contribution in [2.45, 2.75) is 13.8 Å². The summed E-state index contributed by atoms with van der Waals surface area (Å²) in [5, 5.41) is 4.04. The molecule has 0 aliphatic carbocycles. The SMILES string of the molecule is CNCC(=Cc1ccc(-c2ccccc2Cl)s1)C(C)C. The van der Waals surface area contributed by atoms with Gasteiger partial charge in [0.25, 0.3) is 0 Å². The Kier molecular flexibility index (Phi) is 5.41. The van der Waals surface area contributed by atoms with Crippen LogP contribution in [0.25, 0.3) is 16.5 Å². The first-order chi connectivity index (χ1) is 9.61. The molecule has 1 aromatic carbocycles. The molecule has 1 heterocycles. The average Bonchev–Trinajstić information content (AvgIpc) is 2.87. The van der Waals surface area contributed by atoms with E-state index in [4.69, 9.17) is 11.6 Å². The lowest BCUT2D eigenvalue weighted by Crippen LogP contribution is -2.13. The third-order valence-corrected chi connectivity index (χ3v) is 4.61. The normalized spacial score (nSPS) is 12.2. The molecule has 0 atom stereocenters. The van der Waals surface area contributed by atoms with E-state index in [1.54, 1.807) is 11.3 Å². The number of rotatable bonds is 5. The van der Waals surface area contributed by atoms with E-state index >= 15 is 0 Å². The van der Waals surface area contributed by atoms with E-state index in [1.165, 1.54) is 15.3 Å². The molecule has 0 unspecified atom stereocenters. The number of thiophene rings is 1. The van der Waals surface area contributed by atoms with Gasteiger partial charge >= 0.3 is 0 Å². The fourth-order valence-electron chi connectivity index (χ4n) is 2.04. The summed E-state index contributed by atoms with van der Waals surface area (Å²) < 4.78 is 0. The van der Waals surface area contributed by atoms with Crippen LogP contribution in [-0.2, 0) is 0 Å². The maximum Gasteiger partial charge on any atom is 0.0492 e. The molecule has 20 heavy (non-hydrogen) atoms. The first kappa shape index (κ1) is 15.3. The summed E-state index contributed by atoms with van der Waals surface area (Å²) in [6.45, 7) is 5.38. The summed E-state index contributed by atoms with van der Waals surface area (Å²) >= 11 is 8.04. The van der Waals surface area contributed by atoms with Crippen LogP contribution in [-0.4, -0.2) is 13.6 Å². The Hall–Kier alpha value is -1.09. The van der Waals surface area contributed by atoms with Crippen LogP contribution in [0.15, 0.2) is 42.0 Å². The van der Waals surface area contributed by atoms with E-state index in [9.17, 15) is 0 Å². The van der Waals surface area contributed by atoms with Gasteiger partial charge in [-0.3, -0.25) is 0 Å². The third kappa shape index (κ3) is 3.72. The zero-order valence-electron chi connectivity index (χ0n) is 12.1. The second kappa shape index (κ2) is 7.07. The lowest BCUT2D eigenvalue weighted by atomic mass is 10.0. The molecule has 2 aromatic rings. The zero-order valence-corrected chi connectivity index (χ0v) is 13.7. The Morgan fingerprint density at radius 2 is 2.00 bits per heavy atom. The van der Waals surface area contributed by atoms with Crippen molar-refractivity contribution in [1.82, 2.24) is 5.32 Å². The van der Waals surface area contributed by atoms with Crippen molar-refractivity contribution in [2.24, 2.45) is 5.92 Å². The van der Waals surface area contributed by atoms with Crippen molar-refractivity contribution in [3.05, 3.63) is 51.9 Å². The van der Waals surface area contributed by atoms with Gasteiger partial charge < -0.3 is 5.32 Å². The van der Waals surface area contributed by atoms with Crippen LogP contribution in [0, 0.1) is 5.92 Å². The monoisotopic (exact) mass is 305 g/mol. The van der Waals surface area contributed by atoms with Gasteiger partial charge in [-0.2, -0.15) is 0 Å². The Balaban J connectivity index is 2.29. The molecule has 0 saturated carbocycles. The van der Waals surface area contributed by atoms with Crippen molar-refractivity contribution in [3.8, 4) is 10.4 Å². The van der Waals surface area contributed by atoms with Crippen LogP contribution in [0.1, 0.15) is 18.7 Å². The first-order valence-corrected chi connectivity index (χ1v) is 8.01. The van der Waals surface area contributed by atoms with E-state index in [1.807, 2.05) is 25.2 Å². The van der Waals surface area contributed by atoms with Gasteiger partial charge in [0.2, 0.25) is 0 Å². The van der Waals surface area contributed by atoms with Crippen LogP contribution < -0.4 is 5.32 Å². The highest BCUT2D eigenvalue weighted by atomic mass is 35.5. The van der Waals surface area contributed by atoms with Crippen LogP contribution in [0.5, 0.6) is 0 Å². The molecule has 0 bridgehead atoms. The molecule has 1 aromatic heterocycles. The molecule has 0 radical (unpaired) electrons. The summed E-state index contributed by atoms with van der Waals surface area (Å²) in [6.07, 6.45) is 2.28. The lowest BCUT2D eigenvalue weighted by Gasteiger charge is -2.10. The van der Waals surface area contributed by atoms with Crippen LogP contribution >= 0.6 is 22.9 Å². The largest absolute Gasteiger partial charge is 0.316 e. The van der Waals surface area contributed by atoms with Crippen LogP contribution in [0.3, 0.4) is 0 Å². The van der Waals surface area contributed by atoms with E-state index in [0.29, 0.717) is 5.92 Å². The molecule has 0 fully saturated rings. The minimum atomic E-state index is 0.549. The number of halogens is 1. The predicted octanol–water partition coefficient (Wildman–Crippen LogP) is 5.33. The highest BCUT2D eigenvalue weighted by Gasteiger charge is 2.07. The highest BCUT2D eigenvalue weighted by Crippen LogP contribution is 2.34. The number of hydrogen-bond acceptors (Lipinski definition) is 2. The van der Waals surface area contributed by atoms with E-state index < -0.39 is 0 Å². The number of likely N-dealkylation sites (N-methyl/N-ethyl adjacent to an activating group) is 1. The summed E-state index contributed by atoms with van der Waals surface area (Å²) in [4.78, 5) is 2.49. The third-order valence-electron chi connectivity index (χ3n) is 3.22. The van der Waals surface area contributed by atoms with Gasteiger partial charge in [0, 0.05) is 26.9 Å². The molecule has 1 N–H and O–H groups in total. The molecular weight excluding hydrogens is 286 g/mol. The molecule has 0 aliphatic heterocycles. The quantitative estimate of drug-likeness (QED) is 0.787. The van der Waals surface area contributed by atoms with Crippen molar-refractivity contribution >= 4 is 29.0 Å². The van der Waals surface area contributed by atoms with Gasteiger partial charge in [0.05, 0.1) is 0 Å². The summed E-state index contributed by atoms with van der Waals surface area (Å²) in [7, 11) is 1.99. The first-order valence-electron chi connectivity index (χ1n) is 6.81. The molecule has 0 saturated heterocycles. The minimum Gasteiger partial charge on any atom is -0.316 e. The lowest BCUT2D eigenvalue weighted by molar-refractivity contribution is 0.713. The number of hydrogen-bond donors (Lipinski definition) is 1. The Morgan fingerprint density at radius 1 is 1.25 bits per heavy atom. The minimum absolute atomic E-state index is 0.549. The van der Waals surface area contributed by atoms with Crippen molar-refractivity contribution in [2.75, 3.05) is 13.6 Å². The van der Waals surface area contributed by atoms with Gasteiger partial charge in [0.15, 0.2) is 0 Å². The average molecular weight is 306 g/mol. The molecular formula is C17H20ClNS. The second-order valence-corrected chi connectivity index (χ2v) is 6.61. The Labute approximate surface area is 130 Å². The summed E-state index contributed by atoms with van der Waals surface area (Å²) in [5.74, 6) is 0.549. The standard InChI is InChI=1S/C17H20ClNS/c1-12(2)13(11-19-3)10-14-8-9-17(20-14)15-6-4-5-7-16(15)18/h4-10,12,19H,11H2,1-3H3. The zero-order chi connectivity index (χ0) is 14.5. The Morgan fingerprint density at radius 3 is 2.65 bits per heavy atom. The summed E-state index contributed by atoms with van der Waals surface area (Å²) in [5.41, 5.74) is 2.53. The van der Waals surface area contributed by atoms with Crippen LogP contribution in [0.4, 0.5) is 0 Å². The molecule has 1 nitrogen and oxygen atoms in total. The smallest absolute Gasteiger partial charge is 0.0492 e. The van der Waals surface area contributed by atoms with E-state index in [-0.39, 0.29) is 0 Å². The number of benzene rings is 1. The van der Waals surface area contributed by atoms with Crippen molar-refractivity contribution in [3.63, 3.8) is 0 Å². The Bertz CT molecular complexity index is 599. The topological polar surface area (TPSA) is 12.0 Å². The van der Waals surface area contributed by atoms with E-state index in [0.717, 1.165) is 17.1 Å². The molecule has 106 valence electrons. The predicted molar refractivity (Wildman–Crippen MR) is 91.5 cm³/mol. The van der Waals surface area contributed by atoms with Crippen molar-refractivity contribution < 1.29 is 0 Å². The number of nitrogens with one attached hydrogen (secondary N) is 1.